The Hall–Kier alpha value is -2.26. The maximum Gasteiger partial charge on any atom is -0.00240 e. The molecular weight excluding hydrogens is 434 g/mol. The predicted molar refractivity (Wildman–Crippen MR) is 147 cm³/mol. The quantitative estimate of drug-likeness (QED) is 0.289. The summed E-state index contributed by atoms with van der Waals surface area (Å²) >= 11 is 0. The van der Waals surface area contributed by atoms with Gasteiger partial charge in [0.15, 0.2) is 0 Å². The molecule has 0 spiro atoms. The molecule has 0 nitrogen and oxygen atoms in total. The highest BCUT2D eigenvalue weighted by molar-refractivity contribution is 7.77. The lowest BCUT2D eigenvalue weighted by Gasteiger charge is -2.42. The Labute approximate surface area is 200 Å². The van der Waals surface area contributed by atoms with E-state index >= 15 is 0 Å². The van der Waals surface area contributed by atoms with Crippen molar-refractivity contribution in [3.05, 3.63) is 121 Å². The number of fused-ring (bicyclic) bond motifs is 2. The van der Waals surface area contributed by atoms with Gasteiger partial charge in [-0.25, -0.2) is 0 Å². The first-order valence-corrected chi connectivity index (χ1v) is 15.0. The smallest absolute Gasteiger partial charge is 0.00240 e. The Bertz CT molecular complexity index is 987. The standard InChI is InChI=1S/C31H30P2/c1-5-13-26(14-6-1)32(27-15-7-2-8-16-27)30-24-21-22-25(23-24)31(30)33(28-17-9-3-10-18-28)29-19-11-4-12-20-29/h1-20,24-25,30-31H,21-23H2/t24-,25+,30-,31-/m1/s1. The molecule has 164 valence electrons. The van der Waals surface area contributed by atoms with Gasteiger partial charge < -0.3 is 0 Å². The Balaban J connectivity index is 1.51. The molecule has 4 aromatic rings. The summed E-state index contributed by atoms with van der Waals surface area (Å²) in [6, 6.07) is 45.8. The van der Waals surface area contributed by atoms with Crippen LogP contribution in [0.25, 0.3) is 0 Å². The molecule has 4 atom stereocenters. The van der Waals surface area contributed by atoms with Crippen LogP contribution in [0.1, 0.15) is 19.3 Å². The molecule has 0 N–H and O–H groups in total. The number of hydrogen-bond donors (Lipinski definition) is 0. The van der Waals surface area contributed by atoms with E-state index in [-0.39, 0.29) is 0 Å². The van der Waals surface area contributed by atoms with Crippen LogP contribution >= 0.6 is 15.8 Å². The van der Waals surface area contributed by atoms with Crippen LogP contribution in [0.15, 0.2) is 121 Å². The van der Waals surface area contributed by atoms with Crippen molar-refractivity contribution in [1.29, 1.82) is 0 Å². The normalized spacial score (nSPS) is 23.9. The van der Waals surface area contributed by atoms with Crippen LogP contribution in [0.4, 0.5) is 0 Å². The second kappa shape index (κ2) is 9.54. The highest BCUT2D eigenvalue weighted by Gasteiger charge is 2.54. The zero-order valence-electron chi connectivity index (χ0n) is 18.9. The van der Waals surface area contributed by atoms with Crippen molar-refractivity contribution in [2.45, 2.75) is 30.6 Å². The van der Waals surface area contributed by atoms with Crippen LogP contribution in [-0.4, -0.2) is 11.3 Å². The first-order valence-electron chi connectivity index (χ1n) is 12.2. The summed E-state index contributed by atoms with van der Waals surface area (Å²) in [5.41, 5.74) is 1.49. The molecule has 2 aliphatic rings. The van der Waals surface area contributed by atoms with Crippen LogP contribution in [0, 0.1) is 11.8 Å². The van der Waals surface area contributed by atoms with Crippen molar-refractivity contribution in [2.24, 2.45) is 11.8 Å². The van der Waals surface area contributed by atoms with E-state index < -0.39 is 15.8 Å². The van der Waals surface area contributed by atoms with Crippen LogP contribution < -0.4 is 21.2 Å². The summed E-state index contributed by atoms with van der Waals surface area (Å²) in [5, 5.41) is 6.21. The lowest BCUT2D eigenvalue weighted by Crippen LogP contribution is -2.39. The van der Waals surface area contributed by atoms with Crippen molar-refractivity contribution in [3.8, 4) is 0 Å². The maximum absolute atomic E-state index is 2.40. The van der Waals surface area contributed by atoms with Crippen LogP contribution in [0.3, 0.4) is 0 Å². The van der Waals surface area contributed by atoms with E-state index in [2.05, 4.69) is 121 Å². The van der Waals surface area contributed by atoms with Gasteiger partial charge in [0, 0.05) is 0 Å². The summed E-state index contributed by atoms with van der Waals surface area (Å²) in [6.45, 7) is 0. The average Bonchev–Trinajstić information content (AvgIpc) is 3.50. The third kappa shape index (κ3) is 4.10. The summed E-state index contributed by atoms with van der Waals surface area (Å²) < 4.78 is 0. The maximum atomic E-state index is 2.40. The highest BCUT2D eigenvalue weighted by Crippen LogP contribution is 2.66. The monoisotopic (exact) mass is 464 g/mol. The molecule has 2 aliphatic carbocycles. The van der Waals surface area contributed by atoms with E-state index in [0.717, 1.165) is 23.2 Å². The molecule has 0 radical (unpaired) electrons. The fourth-order valence-corrected chi connectivity index (χ4v) is 13.5. The summed E-state index contributed by atoms with van der Waals surface area (Å²) in [7, 11) is -0.806. The van der Waals surface area contributed by atoms with Gasteiger partial charge in [0.1, 0.15) is 0 Å². The summed E-state index contributed by atoms with van der Waals surface area (Å²) in [4.78, 5) is 0. The predicted octanol–water partition coefficient (Wildman–Crippen LogP) is 6.42. The molecule has 33 heavy (non-hydrogen) atoms. The van der Waals surface area contributed by atoms with Crippen molar-refractivity contribution >= 4 is 37.1 Å². The molecule has 2 fully saturated rings. The molecule has 0 heterocycles. The van der Waals surface area contributed by atoms with Crippen LogP contribution in [0.5, 0.6) is 0 Å². The molecule has 0 unspecified atom stereocenters. The molecule has 2 saturated carbocycles. The molecule has 4 aromatic carbocycles. The molecule has 0 aliphatic heterocycles. The van der Waals surface area contributed by atoms with Gasteiger partial charge in [-0.05, 0) is 79.5 Å². The van der Waals surface area contributed by atoms with Gasteiger partial charge in [-0.3, -0.25) is 0 Å². The second-order valence-corrected chi connectivity index (χ2v) is 14.1. The molecule has 2 bridgehead atoms. The molecular formula is C31H30P2. The van der Waals surface area contributed by atoms with Crippen molar-refractivity contribution < 1.29 is 0 Å². The van der Waals surface area contributed by atoms with Gasteiger partial charge in [-0.1, -0.05) is 121 Å². The van der Waals surface area contributed by atoms with Crippen LogP contribution in [0.2, 0.25) is 0 Å². The number of benzene rings is 4. The highest BCUT2D eigenvalue weighted by atomic mass is 31.1. The zero-order chi connectivity index (χ0) is 22.0. The van der Waals surface area contributed by atoms with Gasteiger partial charge in [-0.2, -0.15) is 0 Å². The minimum atomic E-state index is -0.403. The summed E-state index contributed by atoms with van der Waals surface area (Å²) in [5.74, 6) is 1.70. The van der Waals surface area contributed by atoms with Gasteiger partial charge in [0.05, 0.1) is 0 Å². The van der Waals surface area contributed by atoms with Gasteiger partial charge in [-0.15, -0.1) is 0 Å². The Morgan fingerprint density at radius 1 is 0.394 bits per heavy atom. The van der Waals surface area contributed by atoms with E-state index in [1.54, 1.807) is 21.2 Å². The lowest BCUT2D eigenvalue weighted by molar-refractivity contribution is 0.498. The van der Waals surface area contributed by atoms with Gasteiger partial charge >= 0.3 is 0 Å². The fourth-order valence-electron chi connectivity index (χ4n) is 6.30. The largest absolute Gasteiger partial charge is 0.0622 e. The van der Waals surface area contributed by atoms with E-state index in [1.807, 2.05) is 0 Å². The third-order valence-electron chi connectivity index (χ3n) is 7.56. The first kappa shape index (κ1) is 21.3. The minimum absolute atomic E-state index is 0.403. The fraction of sp³-hybridized carbons (Fsp3) is 0.226. The van der Waals surface area contributed by atoms with Gasteiger partial charge in [0.25, 0.3) is 0 Å². The topological polar surface area (TPSA) is 0 Å². The van der Waals surface area contributed by atoms with E-state index in [9.17, 15) is 0 Å². The number of rotatable bonds is 6. The molecule has 2 heteroatoms. The van der Waals surface area contributed by atoms with Gasteiger partial charge in [0.2, 0.25) is 0 Å². The molecule has 0 amide bonds. The Morgan fingerprint density at radius 3 is 0.939 bits per heavy atom. The number of hydrogen-bond acceptors (Lipinski definition) is 0. The lowest BCUT2D eigenvalue weighted by atomic mass is 9.99. The van der Waals surface area contributed by atoms with Crippen molar-refractivity contribution in [1.82, 2.24) is 0 Å². The van der Waals surface area contributed by atoms with Crippen LogP contribution in [-0.2, 0) is 0 Å². The Kier molecular flexibility index (Phi) is 6.15. The van der Waals surface area contributed by atoms with E-state index in [1.165, 1.54) is 19.3 Å². The third-order valence-corrected chi connectivity index (χ3v) is 13.9. The molecule has 6 rings (SSSR count). The first-order chi connectivity index (χ1) is 16.4. The minimum Gasteiger partial charge on any atom is -0.0622 e. The SMILES string of the molecule is c1ccc(P(c2ccccc2)[C@@H]2[C@@H]3CC[C@@H](C3)[C@H]2P(c2ccccc2)c2ccccc2)cc1. The van der Waals surface area contributed by atoms with E-state index in [4.69, 9.17) is 0 Å². The van der Waals surface area contributed by atoms with E-state index in [0.29, 0.717) is 0 Å². The second-order valence-electron chi connectivity index (χ2n) is 9.40. The van der Waals surface area contributed by atoms with Crippen molar-refractivity contribution in [3.63, 3.8) is 0 Å². The molecule has 0 saturated heterocycles. The van der Waals surface area contributed by atoms with Crippen molar-refractivity contribution in [2.75, 3.05) is 0 Å². The average molecular weight is 465 g/mol. The Morgan fingerprint density at radius 2 is 0.667 bits per heavy atom. The summed E-state index contributed by atoms with van der Waals surface area (Å²) in [6.07, 6.45) is 4.25. The zero-order valence-corrected chi connectivity index (χ0v) is 20.7. The molecule has 0 aromatic heterocycles.